The lowest BCUT2D eigenvalue weighted by molar-refractivity contribution is 0.626. The van der Waals surface area contributed by atoms with E-state index < -0.39 is 5.82 Å². The lowest BCUT2D eigenvalue weighted by atomic mass is 10.1. The molecule has 9 heteroatoms. The Hall–Kier alpha value is -2.32. The molecule has 0 fully saturated rings. The van der Waals surface area contributed by atoms with Gasteiger partial charge in [-0.05, 0) is 24.6 Å². The maximum Gasteiger partial charge on any atom is 0.261 e. The molecule has 0 bridgehead atoms. The summed E-state index contributed by atoms with van der Waals surface area (Å²) in [6, 6.07) is 3.46. The average Bonchev–Trinajstić information content (AvgIpc) is 2.62. The highest BCUT2D eigenvalue weighted by atomic mass is 35.5. The summed E-state index contributed by atoms with van der Waals surface area (Å²) in [7, 11) is 1.64. The molecule has 2 N–H and O–H groups in total. The van der Waals surface area contributed by atoms with Gasteiger partial charge in [0.05, 0.1) is 29.1 Å². The smallest absolute Gasteiger partial charge is 0.261 e. The van der Waals surface area contributed by atoms with Crippen molar-refractivity contribution >= 4 is 51.6 Å². The van der Waals surface area contributed by atoms with E-state index in [1.54, 1.807) is 26.1 Å². The molecule has 0 saturated heterocycles. The van der Waals surface area contributed by atoms with Gasteiger partial charge in [0, 0.05) is 18.5 Å². The second kappa shape index (κ2) is 7.51. The third-order valence-corrected chi connectivity index (χ3v) is 4.89. The van der Waals surface area contributed by atoms with Crippen LogP contribution >= 0.6 is 23.5 Å². The third kappa shape index (κ3) is 3.34. The highest BCUT2D eigenvalue weighted by molar-refractivity contribution is 8.00. The van der Waals surface area contributed by atoms with Gasteiger partial charge in [0.15, 0.2) is 11.6 Å². The second-order valence-electron chi connectivity index (χ2n) is 5.60. The number of rotatable bonds is 5. The number of anilines is 3. The fourth-order valence-corrected chi connectivity index (χ4v) is 3.24. The van der Waals surface area contributed by atoms with Crippen LogP contribution in [-0.4, -0.2) is 20.3 Å². The number of nitrogens with one attached hydrogen (secondary N) is 2. The van der Waals surface area contributed by atoms with E-state index in [2.05, 4.69) is 20.0 Å². The Morgan fingerprint density at radius 1 is 1.35 bits per heavy atom. The maximum atomic E-state index is 14.3. The first-order chi connectivity index (χ1) is 12.4. The fourth-order valence-electron chi connectivity index (χ4n) is 2.51. The molecule has 0 amide bonds. The normalized spacial score (nSPS) is 11.0. The molecular formula is C17H17ClFN5OS. The number of aromatic nitrogens is 3. The summed E-state index contributed by atoms with van der Waals surface area (Å²) < 4.78 is 18.7. The third-order valence-electron chi connectivity index (χ3n) is 3.89. The summed E-state index contributed by atoms with van der Waals surface area (Å²) in [5.74, 6) is 0.595. The Morgan fingerprint density at radius 3 is 2.85 bits per heavy atom. The van der Waals surface area contributed by atoms with Gasteiger partial charge in [-0.25, -0.2) is 14.4 Å². The van der Waals surface area contributed by atoms with E-state index >= 15 is 0 Å². The van der Waals surface area contributed by atoms with E-state index in [-0.39, 0.29) is 16.3 Å². The van der Waals surface area contributed by atoms with Gasteiger partial charge in [-0.3, -0.25) is 4.79 Å². The second-order valence-corrected chi connectivity index (χ2v) is 7.04. The number of benzene rings is 1. The van der Waals surface area contributed by atoms with Crippen molar-refractivity contribution in [3.05, 3.63) is 51.4 Å². The van der Waals surface area contributed by atoms with Crippen molar-refractivity contribution in [3.8, 4) is 0 Å². The largest absolute Gasteiger partial charge is 0.352 e. The molecule has 0 aliphatic carbocycles. The van der Waals surface area contributed by atoms with Crippen molar-refractivity contribution in [2.24, 2.45) is 7.05 Å². The highest BCUT2D eigenvalue weighted by Gasteiger charge is 2.16. The van der Waals surface area contributed by atoms with Crippen LogP contribution in [0, 0.1) is 12.7 Å². The molecule has 0 saturated carbocycles. The van der Waals surface area contributed by atoms with E-state index in [1.807, 2.05) is 6.92 Å². The molecular weight excluding hydrogens is 377 g/mol. The van der Waals surface area contributed by atoms with E-state index in [1.165, 1.54) is 22.8 Å². The molecule has 3 rings (SSSR count). The van der Waals surface area contributed by atoms with Gasteiger partial charge in [0.2, 0.25) is 0 Å². The molecule has 136 valence electrons. The maximum absolute atomic E-state index is 14.3. The zero-order valence-electron chi connectivity index (χ0n) is 14.4. The predicted molar refractivity (Wildman–Crippen MR) is 106 cm³/mol. The number of nitrogens with zero attached hydrogens (tertiary/aromatic N) is 3. The van der Waals surface area contributed by atoms with Gasteiger partial charge in [-0.2, -0.15) is 0 Å². The van der Waals surface area contributed by atoms with Crippen LogP contribution in [0.4, 0.5) is 21.6 Å². The quantitative estimate of drug-likeness (QED) is 0.631. The molecule has 2 heterocycles. The Kier molecular flexibility index (Phi) is 5.33. The monoisotopic (exact) mass is 393 g/mol. The first kappa shape index (κ1) is 18.5. The van der Waals surface area contributed by atoms with E-state index in [9.17, 15) is 9.18 Å². The van der Waals surface area contributed by atoms with Gasteiger partial charge in [-0.15, -0.1) is 0 Å². The summed E-state index contributed by atoms with van der Waals surface area (Å²) in [5.41, 5.74) is 1.76. The van der Waals surface area contributed by atoms with Crippen molar-refractivity contribution in [1.29, 1.82) is 0 Å². The number of pyridine rings is 1. The van der Waals surface area contributed by atoms with Crippen molar-refractivity contribution in [1.82, 2.24) is 14.5 Å². The Bertz CT molecular complexity index is 1040. The van der Waals surface area contributed by atoms with Crippen LogP contribution in [0.5, 0.6) is 0 Å². The molecule has 0 atom stereocenters. The van der Waals surface area contributed by atoms with Crippen LogP contribution in [-0.2, 0) is 7.05 Å². The van der Waals surface area contributed by atoms with Crippen molar-refractivity contribution in [2.75, 3.05) is 15.8 Å². The summed E-state index contributed by atoms with van der Waals surface area (Å²) in [5, 5.41) is 3.61. The van der Waals surface area contributed by atoms with E-state index in [0.717, 1.165) is 11.9 Å². The minimum atomic E-state index is -0.583. The van der Waals surface area contributed by atoms with Gasteiger partial charge < -0.3 is 14.6 Å². The van der Waals surface area contributed by atoms with Crippen molar-refractivity contribution in [3.63, 3.8) is 0 Å². The van der Waals surface area contributed by atoms with Crippen LogP contribution in [0.3, 0.4) is 0 Å². The molecule has 0 aliphatic heterocycles. The highest BCUT2D eigenvalue weighted by Crippen LogP contribution is 2.35. The molecule has 0 unspecified atom stereocenters. The average molecular weight is 394 g/mol. The molecule has 26 heavy (non-hydrogen) atoms. The molecule has 2 aromatic heterocycles. The van der Waals surface area contributed by atoms with Gasteiger partial charge >= 0.3 is 0 Å². The SMILES string of the molecule is CCSNc1ncc(F)c(Nc2ccc3ncn(C)c(=O)c3c2C)c1Cl. The molecule has 6 nitrogen and oxygen atoms in total. The van der Waals surface area contributed by atoms with Crippen LogP contribution in [0.15, 0.2) is 29.5 Å². The first-order valence-corrected chi connectivity index (χ1v) is 9.24. The molecule has 0 aliphatic rings. The van der Waals surface area contributed by atoms with Crippen LogP contribution < -0.4 is 15.6 Å². The molecule has 1 aromatic carbocycles. The fraction of sp³-hybridized carbons (Fsp3) is 0.235. The minimum absolute atomic E-state index is 0.101. The Balaban J connectivity index is 2.08. The summed E-state index contributed by atoms with van der Waals surface area (Å²) in [6.45, 7) is 3.76. The standard InChI is InChI=1S/C17H17ClFN5OS/c1-4-26-23-16-14(18)15(10(19)7-20-16)22-11-5-6-12-13(9(11)2)17(25)24(3)8-21-12/h5-8H,4H2,1-3H3,(H2,20,22,23). The number of hydrogen-bond donors (Lipinski definition) is 2. The molecule has 0 radical (unpaired) electrons. The predicted octanol–water partition coefficient (Wildman–Crippen LogP) is 4.25. The number of aryl methyl sites for hydroxylation is 2. The first-order valence-electron chi connectivity index (χ1n) is 7.87. The van der Waals surface area contributed by atoms with Gasteiger partial charge in [0.25, 0.3) is 5.56 Å². The lowest BCUT2D eigenvalue weighted by Gasteiger charge is -2.15. The Labute approximate surface area is 158 Å². The summed E-state index contributed by atoms with van der Waals surface area (Å²) in [4.78, 5) is 20.7. The molecule has 3 aromatic rings. The van der Waals surface area contributed by atoms with E-state index in [4.69, 9.17) is 11.6 Å². The number of hydrogen-bond acceptors (Lipinski definition) is 6. The topological polar surface area (TPSA) is 71.8 Å². The zero-order valence-corrected chi connectivity index (χ0v) is 16.0. The van der Waals surface area contributed by atoms with Crippen molar-refractivity contribution in [2.45, 2.75) is 13.8 Å². The van der Waals surface area contributed by atoms with Gasteiger partial charge in [-0.1, -0.05) is 30.5 Å². The van der Waals surface area contributed by atoms with Crippen LogP contribution in [0.25, 0.3) is 10.9 Å². The number of fused-ring (bicyclic) bond motifs is 1. The van der Waals surface area contributed by atoms with Crippen LogP contribution in [0.1, 0.15) is 12.5 Å². The van der Waals surface area contributed by atoms with Crippen molar-refractivity contribution < 1.29 is 4.39 Å². The Morgan fingerprint density at radius 2 is 2.12 bits per heavy atom. The van der Waals surface area contributed by atoms with Crippen LogP contribution in [0.2, 0.25) is 5.02 Å². The molecule has 0 spiro atoms. The van der Waals surface area contributed by atoms with Gasteiger partial charge in [0.1, 0.15) is 5.02 Å². The summed E-state index contributed by atoms with van der Waals surface area (Å²) in [6.07, 6.45) is 2.57. The minimum Gasteiger partial charge on any atom is -0.352 e. The number of halogens is 2. The zero-order chi connectivity index (χ0) is 18.8. The summed E-state index contributed by atoms with van der Waals surface area (Å²) >= 11 is 7.71. The lowest BCUT2D eigenvalue weighted by Crippen LogP contribution is -2.18. The van der Waals surface area contributed by atoms with E-state index in [0.29, 0.717) is 28.0 Å².